The molecule has 0 aliphatic carbocycles. The Morgan fingerprint density at radius 1 is 1.40 bits per heavy atom. The fraction of sp³-hybridized carbons (Fsp3) is 0.571. The SMILES string of the molecule is O=c1[nH]c(CNCCCN2CCCC2)nc2ccsc12. The zero-order valence-electron chi connectivity index (χ0n) is 11.5. The van der Waals surface area contributed by atoms with Crippen LogP contribution in [0.2, 0.25) is 0 Å². The summed E-state index contributed by atoms with van der Waals surface area (Å²) in [5.74, 6) is 0.724. The van der Waals surface area contributed by atoms with Gasteiger partial charge in [-0.3, -0.25) is 4.79 Å². The average molecular weight is 292 g/mol. The first-order chi connectivity index (χ1) is 9.83. The molecule has 2 aromatic rings. The maximum Gasteiger partial charge on any atom is 0.268 e. The van der Waals surface area contributed by atoms with Gasteiger partial charge in [0, 0.05) is 0 Å². The van der Waals surface area contributed by atoms with Crippen molar-refractivity contribution in [2.75, 3.05) is 26.2 Å². The molecule has 6 heteroatoms. The lowest BCUT2D eigenvalue weighted by Crippen LogP contribution is -2.25. The molecule has 0 spiro atoms. The highest BCUT2D eigenvalue weighted by molar-refractivity contribution is 7.17. The smallest absolute Gasteiger partial charge is 0.268 e. The van der Waals surface area contributed by atoms with Crippen molar-refractivity contribution in [2.45, 2.75) is 25.8 Å². The van der Waals surface area contributed by atoms with Crippen LogP contribution in [0, 0.1) is 0 Å². The zero-order valence-corrected chi connectivity index (χ0v) is 12.3. The Morgan fingerprint density at radius 2 is 2.25 bits per heavy atom. The van der Waals surface area contributed by atoms with E-state index in [1.165, 1.54) is 43.8 Å². The fourth-order valence-corrected chi connectivity index (χ4v) is 3.37. The number of aromatic amines is 1. The van der Waals surface area contributed by atoms with Crippen LogP contribution in [0.3, 0.4) is 0 Å². The Hall–Kier alpha value is -1.24. The second-order valence-electron chi connectivity index (χ2n) is 5.23. The van der Waals surface area contributed by atoms with Gasteiger partial charge >= 0.3 is 0 Å². The maximum atomic E-state index is 11.8. The van der Waals surface area contributed by atoms with E-state index < -0.39 is 0 Å². The summed E-state index contributed by atoms with van der Waals surface area (Å²) >= 11 is 1.44. The number of hydrogen-bond donors (Lipinski definition) is 2. The second kappa shape index (κ2) is 6.47. The standard InChI is InChI=1S/C14H20N4OS/c19-14-13-11(4-9-20-13)16-12(17-14)10-15-5-3-8-18-6-1-2-7-18/h4,9,15H,1-3,5-8,10H2,(H,16,17,19). The van der Waals surface area contributed by atoms with E-state index in [0.29, 0.717) is 11.2 Å². The molecular formula is C14H20N4OS. The number of H-pyrrole nitrogens is 1. The number of likely N-dealkylation sites (tertiary alicyclic amines) is 1. The van der Waals surface area contributed by atoms with Gasteiger partial charge in [0.25, 0.3) is 5.56 Å². The van der Waals surface area contributed by atoms with Crippen molar-refractivity contribution in [3.8, 4) is 0 Å². The number of hydrogen-bond acceptors (Lipinski definition) is 5. The van der Waals surface area contributed by atoms with E-state index in [2.05, 4.69) is 20.2 Å². The molecule has 1 saturated heterocycles. The molecule has 0 unspecified atom stereocenters. The van der Waals surface area contributed by atoms with Gasteiger partial charge in [-0.15, -0.1) is 11.3 Å². The summed E-state index contributed by atoms with van der Waals surface area (Å²) in [7, 11) is 0. The van der Waals surface area contributed by atoms with Crippen molar-refractivity contribution in [3.63, 3.8) is 0 Å². The molecule has 3 rings (SSSR count). The molecule has 0 saturated carbocycles. The minimum atomic E-state index is -0.0288. The van der Waals surface area contributed by atoms with E-state index in [0.717, 1.165) is 24.3 Å². The van der Waals surface area contributed by atoms with Crippen LogP contribution in [-0.4, -0.2) is 41.0 Å². The molecule has 1 aliphatic heterocycles. The van der Waals surface area contributed by atoms with E-state index in [-0.39, 0.29) is 5.56 Å². The van der Waals surface area contributed by atoms with Gasteiger partial charge in [-0.25, -0.2) is 4.98 Å². The Bertz CT molecular complexity index is 615. The lowest BCUT2D eigenvalue weighted by molar-refractivity contribution is 0.330. The van der Waals surface area contributed by atoms with Gasteiger partial charge < -0.3 is 15.2 Å². The van der Waals surface area contributed by atoms with Gasteiger partial charge in [-0.1, -0.05) is 0 Å². The molecule has 5 nitrogen and oxygen atoms in total. The minimum Gasteiger partial charge on any atom is -0.310 e. The number of rotatable bonds is 6. The number of fused-ring (bicyclic) bond motifs is 1. The molecule has 3 heterocycles. The first-order valence-electron chi connectivity index (χ1n) is 7.22. The molecule has 0 atom stereocenters. The summed E-state index contributed by atoms with van der Waals surface area (Å²) in [6, 6.07) is 1.89. The number of nitrogens with zero attached hydrogens (tertiary/aromatic N) is 2. The van der Waals surface area contributed by atoms with Crippen molar-refractivity contribution >= 4 is 21.6 Å². The molecule has 0 amide bonds. The minimum absolute atomic E-state index is 0.0288. The molecule has 108 valence electrons. The van der Waals surface area contributed by atoms with Gasteiger partial charge in [-0.2, -0.15) is 0 Å². The molecule has 0 bridgehead atoms. The number of thiophene rings is 1. The molecule has 0 radical (unpaired) electrons. The monoisotopic (exact) mass is 292 g/mol. The number of aromatic nitrogens is 2. The van der Waals surface area contributed by atoms with Gasteiger partial charge in [0.1, 0.15) is 10.5 Å². The van der Waals surface area contributed by atoms with Crippen LogP contribution in [0.5, 0.6) is 0 Å². The molecule has 0 aromatic carbocycles. The molecular weight excluding hydrogens is 272 g/mol. The van der Waals surface area contributed by atoms with Gasteiger partial charge in [-0.05, 0) is 56.9 Å². The van der Waals surface area contributed by atoms with E-state index in [1.54, 1.807) is 0 Å². The summed E-state index contributed by atoms with van der Waals surface area (Å²) in [6.07, 6.45) is 3.84. The van der Waals surface area contributed by atoms with E-state index in [1.807, 2.05) is 11.4 Å². The largest absolute Gasteiger partial charge is 0.310 e. The van der Waals surface area contributed by atoms with Crippen LogP contribution in [0.4, 0.5) is 0 Å². The lowest BCUT2D eigenvalue weighted by atomic mass is 10.4. The van der Waals surface area contributed by atoms with Crippen molar-refractivity contribution in [1.29, 1.82) is 0 Å². The highest BCUT2D eigenvalue weighted by atomic mass is 32.1. The molecule has 1 fully saturated rings. The van der Waals surface area contributed by atoms with E-state index in [9.17, 15) is 4.79 Å². The molecule has 20 heavy (non-hydrogen) atoms. The predicted octanol–water partition coefficient (Wildman–Crippen LogP) is 1.56. The van der Waals surface area contributed by atoms with Crippen molar-refractivity contribution in [2.24, 2.45) is 0 Å². The van der Waals surface area contributed by atoms with Crippen LogP contribution in [0.25, 0.3) is 10.2 Å². The highest BCUT2D eigenvalue weighted by Crippen LogP contribution is 2.13. The summed E-state index contributed by atoms with van der Waals surface area (Å²) in [5.41, 5.74) is 0.770. The van der Waals surface area contributed by atoms with Crippen LogP contribution < -0.4 is 10.9 Å². The van der Waals surface area contributed by atoms with Gasteiger partial charge in [0.05, 0.1) is 12.1 Å². The summed E-state index contributed by atoms with van der Waals surface area (Å²) in [4.78, 5) is 21.6. The normalized spacial score (nSPS) is 16.2. The first kappa shape index (κ1) is 13.7. The first-order valence-corrected chi connectivity index (χ1v) is 8.10. The quantitative estimate of drug-likeness (QED) is 0.793. The molecule has 1 aliphatic rings. The lowest BCUT2D eigenvalue weighted by Gasteiger charge is -2.14. The third-order valence-corrected chi connectivity index (χ3v) is 4.59. The predicted molar refractivity (Wildman–Crippen MR) is 82.2 cm³/mol. The van der Waals surface area contributed by atoms with E-state index in [4.69, 9.17) is 0 Å². The summed E-state index contributed by atoms with van der Waals surface area (Å²) in [6.45, 7) is 5.26. The van der Waals surface area contributed by atoms with Gasteiger partial charge in [0.15, 0.2) is 0 Å². The third-order valence-electron chi connectivity index (χ3n) is 3.68. The topological polar surface area (TPSA) is 61.0 Å². The van der Waals surface area contributed by atoms with Crippen molar-refractivity contribution < 1.29 is 0 Å². The van der Waals surface area contributed by atoms with Crippen LogP contribution in [0.1, 0.15) is 25.1 Å². The summed E-state index contributed by atoms with van der Waals surface area (Å²) in [5, 5.41) is 5.26. The molecule has 2 aromatic heterocycles. The Kier molecular flexibility index (Phi) is 4.44. The maximum absolute atomic E-state index is 11.8. The van der Waals surface area contributed by atoms with Crippen LogP contribution in [0.15, 0.2) is 16.2 Å². The Balaban J connectivity index is 1.46. The van der Waals surface area contributed by atoms with Gasteiger partial charge in [0.2, 0.25) is 0 Å². The fourth-order valence-electron chi connectivity index (χ4n) is 2.65. The summed E-state index contributed by atoms with van der Waals surface area (Å²) < 4.78 is 0.711. The van der Waals surface area contributed by atoms with Crippen molar-refractivity contribution in [1.82, 2.24) is 20.2 Å². The van der Waals surface area contributed by atoms with E-state index >= 15 is 0 Å². The Morgan fingerprint density at radius 3 is 3.10 bits per heavy atom. The second-order valence-corrected chi connectivity index (χ2v) is 6.14. The average Bonchev–Trinajstić information content (AvgIpc) is 3.08. The Labute approximate surface area is 122 Å². The van der Waals surface area contributed by atoms with Crippen LogP contribution >= 0.6 is 11.3 Å². The molecule has 2 N–H and O–H groups in total. The third kappa shape index (κ3) is 3.26. The zero-order chi connectivity index (χ0) is 13.8. The number of nitrogens with one attached hydrogen (secondary N) is 2. The highest BCUT2D eigenvalue weighted by Gasteiger charge is 2.10. The van der Waals surface area contributed by atoms with Crippen LogP contribution in [-0.2, 0) is 6.54 Å². The van der Waals surface area contributed by atoms with Crippen molar-refractivity contribution in [3.05, 3.63) is 27.6 Å².